The molecule has 2 atom stereocenters. The van der Waals surface area contributed by atoms with Crippen LogP contribution in [0.4, 0.5) is 0 Å². The van der Waals surface area contributed by atoms with Crippen molar-refractivity contribution in [3.63, 3.8) is 0 Å². The molecule has 0 aromatic rings. The van der Waals surface area contributed by atoms with E-state index in [1.54, 1.807) is 6.26 Å². The van der Waals surface area contributed by atoms with E-state index in [1.807, 2.05) is 6.08 Å². The highest BCUT2D eigenvalue weighted by atomic mass is 31.2. The number of ether oxygens (including phenoxy) is 2. The van der Waals surface area contributed by atoms with Crippen molar-refractivity contribution in [2.24, 2.45) is 5.73 Å². The highest BCUT2D eigenvalue weighted by Crippen LogP contribution is 2.43. The number of hydrogen-bond donors (Lipinski definition) is 2. The van der Waals surface area contributed by atoms with E-state index in [0.717, 1.165) is 32.1 Å². The van der Waals surface area contributed by atoms with Crippen LogP contribution in [0.25, 0.3) is 0 Å². The first-order chi connectivity index (χ1) is 27.4. The Morgan fingerprint density at radius 1 is 0.536 bits per heavy atom. The molecule has 0 saturated carbocycles. The van der Waals surface area contributed by atoms with Crippen LogP contribution in [0.2, 0.25) is 0 Å². The van der Waals surface area contributed by atoms with Crippen LogP contribution in [0, 0.1) is 0 Å². The Morgan fingerprint density at radius 3 is 1.34 bits per heavy atom. The lowest BCUT2D eigenvalue weighted by Crippen LogP contribution is -2.27. The van der Waals surface area contributed by atoms with Gasteiger partial charge in [-0.1, -0.05) is 199 Å². The minimum absolute atomic E-state index is 0.0334. The summed E-state index contributed by atoms with van der Waals surface area (Å²) >= 11 is 0. The summed E-state index contributed by atoms with van der Waals surface area (Å²) in [6.45, 7) is 4.26. The molecule has 0 aromatic heterocycles. The van der Waals surface area contributed by atoms with Gasteiger partial charge in [0.2, 0.25) is 0 Å². The average molecular weight is 814 g/mol. The zero-order valence-electron chi connectivity index (χ0n) is 36.9. The molecular weight excluding hydrogens is 721 g/mol. The number of esters is 1. The molecule has 0 heterocycles. The normalized spacial score (nSPS) is 13.5. The topological polar surface area (TPSA) is 117 Å². The number of phosphoric ester groups is 1. The fourth-order valence-corrected chi connectivity index (χ4v) is 7.67. The van der Waals surface area contributed by atoms with Crippen LogP contribution in [0.15, 0.2) is 24.5 Å². The second-order valence-corrected chi connectivity index (χ2v) is 17.5. The van der Waals surface area contributed by atoms with Gasteiger partial charge in [-0.3, -0.25) is 13.8 Å². The molecule has 0 amide bonds. The third-order valence-corrected chi connectivity index (χ3v) is 11.4. The Bertz CT molecular complexity index is 915. The summed E-state index contributed by atoms with van der Waals surface area (Å²) in [6.07, 6.45) is 51.5. The van der Waals surface area contributed by atoms with Gasteiger partial charge in [-0.2, -0.15) is 0 Å². The summed E-state index contributed by atoms with van der Waals surface area (Å²) in [5.74, 6) is -0.349. The van der Waals surface area contributed by atoms with Crippen LogP contribution in [-0.4, -0.2) is 43.3 Å². The van der Waals surface area contributed by atoms with Gasteiger partial charge in [-0.05, 0) is 51.0 Å². The maximum atomic E-state index is 12.6. The second-order valence-electron chi connectivity index (χ2n) is 16.0. The molecule has 0 aromatic carbocycles. The van der Waals surface area contributed by atoms with Crippen molar-refractivity contribution in [2.75, 3.05) is 26.4 Å². The molecule has 3 N–H and O–H groups in total. The number of rotatable bonds is 46. The molecule has 0 bridgehead atoms. The van der Waals surface area contributed by atoms with Gasteiger partial charge in [0.05, 0.1) is 19.5 Å². The smallest absolute Gasteiger partial charge is 0.472 e. The Kier molecular flexibility index (Phi) is 44.0. The predicted octanol–water partition coefficient (Wildman–Crippen LogP) is 14.8. The van der Waals surface area contributed by atoms with Gasteiger partial charge in [0.25, 0.3) is 0 Å². The van der Waals surface area contributed by atoms with Gasteiger partial charge in [0.1, 0.15) is 6.61 Å². The molecule has 8 nitrogen and oxygen atoms in total. The van der Waals surface area contributed by atoms with Crippen LogP contribution in [0.1, 0.15) is 239 Å². The molecule has 1 unspecified atom stereocenters. The lowest BCUT2D eigenvalue weighted by Gasteiger charge is -2.19. The number of nitrogens with two attached hydrogens (primary N) is 1. The fourth-order valence-electron chi connectivity index (χ4n) is 6.90. The van der Waals surface area contributed by atoms with Crippen molar-refractivity contribution >= 4 is 13.8 Å². The summed E-state index contributed by atoms with van der Waals surface area (Å²) in [6, 6.07) is 0. The Morgan fingerprint density at radius 2 is 0.911 bits per heavy atom. The zero-order chi connectivity index (χ0) is 40.9. The highest BCUT2D eigenvalue weighted by Gasteiger charge is 2.25. The summed E-state index contributed by atoms with van der Waals surface area (Å²) in [5.41, 5.74) is 5.37. The van der Waals surface area contributed by atoms with E-state index in [9.17, 15) is 14.3 Å². The van der Waals surface area contributed by atoms with Crippen molar-refractivity contribution in [1.82, 2.24) is 0 Å². The predicted molar refractivity (Wildman–Crippen MR) is 238 cm³/mol. The number of carbonyl (C=O) groups excluding carboxylic acids is 1. The van der Waals surface area contributed by atoms with Gasteiger partial charge >= 0.3 is 13.8 Å². The van der Waals surface area contributed by atoms with Crippen LogP contribution in [-0.2, 0) is 27.9 Å². The van der Waals surface area contributed by atoms with Gasteiger partial charge < -0.3 is 20.1 Å². The summed E-state index contributed by atoms with van der Waals surface area (Å²) in [4.78, 5) is 22.5. The molecular formula is C47H92NO7P. The average Bonchev–Trinajstić information content (AvgIpc) is 3.19. The highest BCUT2D eigenvalue weighted by molar-refractivity contribution is 7.47. The van der Waals surface area contributed by atoms with E-state index in [1.165, 1.54) is 186 Å². The molecule has 56 heavy (non-hydrogen) atoms. The van der Waals surface area contributed by atoms with E-state index in [0.29, 0.717) is 6.42 Å². The fraction of sp³-hybridized carbons (Fsp3) is 0.894. The number of carbonyl (C=O) groups is 1. The number of hydrogen-bond acceptors (Lipinski definition) is 7. The van der Waals surface area contributed by atoms with E-state index in [2.05, 4.69) is 26.0 Å². The number of allylic oxidation sites excluding steroid dienone is 3. The molecule has 0 fully saturated rings. The summed E-state index contributed by atoms with van der Waals surface area (Å²) in [5, 5.41) is 0. The Balaban J connectivity index is 3.98. The first kappa shape index (κ1) is 54.8. The van der Waals surface area contributed by atoms with Gasteiger partial charge in [-0.25, -0.2) is 4.57 Å². The van der Waals surface area contributed by atoms with Crippen LogP contribution >= 0.6 is 7.82 Å². The Labute approximate surface area is 346 Å². The van der Waals surface area contributed by atoms with Crippen LogP contribution in [0.5, 0.6) is 0 Å². The number of phosphoric acid groups is 1. The molecule has 0 spiro atoms. The quantitative estimate of drug-likeness (QED) is 0.0205. The third-order valence-electron chi connectivity index (χ3n) is 10.4. The maximum Gasteiger partial charge on any atom is 0.472 e. The molecule has 9 heteroatoms. The minimum atomic E-state index is -4.29. The van der Waals surface area contributed by atoms with E-state index >= 15 is 0 Å². The molecule has 0 saturated heterocycles. The van der Waals surface area contributed by atoms with E-state index in [-0.39, 0.29) is 32.3 Å². The molecule has 0 rings (SSSR count). The summed E-state index contributed by atoms with van der Waals surface area (Å²) < 4.78 is 33.3. The van der Waals surface area contributed by atoms with Gasteiger partial charge in [-0.15, -0.1) is 0 Å². The summed E-state index contributed by atoms with van der Waals surface area (Å²) in [7, 11) is -4.29. The Hall–Kier alpha value is -1.18. The standard InChI is InChI=1S/C47H92NO7P/c1-3-5-7-9-11-13-15-17-19-21-22-23-24-25-26-28-30-32-34-36-38-40-47(49)55-46(45-54-56(50,51)53-43-41-48)44-52-42-39-37-35-33-31-29-27-20-18-16-14-12-10-8-6-4-2/h14,16,39,42,46H,3-13,15,17-38,40-41,43-45,48H2,1-2H3,(H,50,51)/t46-/m1/s1. The van der Waals surface area contributed by atoms with Gasteiger partial charge in [0.15, 0.2) is 6.10 Å². The second kappa shape index (κ2) is 44.9. The van der Waals surface area contributed by atoms with Gasteiger partial charge in [0, 0.05) is 13.0 Å². The molecule has 332 valence electrons. The molecule has 0 aliphatic carbocycles. The van der Waals surface area contributed by atoms with Crippen molar-refractivity contribution in [2.45, 2.75) is 245 Å². The lowest BCUT2D eigenvalue weighted by atomic mass is 10.0. The first-order valence-electron chi connectivity index (χ1n) is 23.9. The largest absolute Gasteiger partial charge is 0.498 e. The van der Waals surface area contributed by atoms with Crippen molar-refractivity contribution in [3.05, 3.63) is 24.5 Å². The molecule has 0 radical (unpaired) electrons. The van der Waals surface area contributed by atoms with Crippen LogP contribution < -0.4 is 5.73 Å². The maximum absolute atomic E-state index is 12.6. The van der Waals surface area contributed by atoms with E-state index in [4.69, 9.17) is 24.3 Å². The SMILES string of the molecule is CCCCCCC=CCCCCCCCCC=COC[C@H](COP(=O)(O)OCCN)OC(=O)CCCCCCCCCCCCCCCCCCCCCCC. The van der Waals surface area contributed by atoms with E-state index < -0.39 is 13.9 Å². The van der Waals surface area contributed by atoms with Crippen molar-refractivity contribution in [3.8, 4) is 0 Å². The molecule has 0 aliphatic rings. The number of unbranched alkanes of at least 4 members (excludes halogenated alkanes) is 31. The zero-order valence-corrected chi connectivity index (χ0v) is 37.8. The monoisotopic (exact) mass is 814 g/mol. The van der Waals surface area contributed by atoms with Crippen LogP contribution in [0.3, 0.4) is 0 Å². The first-order valence-corrected chi connectivity index (χ1v) is 25.4. The molecule has 0 aliphatic heterocycles. The minimum Gasteiger partial charge on any atom is -0.498 e. The van der Waals surface area contributed by atoms with Crippen molar-refractivity contribution in [1.29, 1.82) is 0 Å². The lowest BCUT2D eigenvalue weighted by molar-refractivity contribution is -0.153. The van der Waals surface area contributed by atoms with Crippen molar-refractivity contribution < 1.29 is 32.8 Å². The third kappa shape index (κ3) is 43.9.